The summed E-state index contributed by atoms with van der Waals surface area (Å²) in [5.41, 5.74) is 3.35. The highest BCUT2D eigenvalue weighted by molar-refractivity contribution is 5.99. The monoisotopic (exact) mass is 427 g/mol. The lowest BCUT2D eigenvalue weighted by atomic mass is 10.0. The minimum Gasteiger partial charge on any atom is -0.480 e. The lowest BCUT2D eigenvalue weighted by Gasteiger charge is -2.25. The molecule has 162 valence electrons. The number of para-hydroxylation sites is 1. The Kier molecular flexibility index (Phi) is 5.58. The molecule has 0 aliphatic carbocycles. The van der Waals surface area contributed by atoms with E-state index in [-0.39, 0.29) is 17.9 Å². The second kappa shape index (κ2) is 8.83. The summed E-state index contributed by atoms with van der Waals surface area (Å²) in [6.07, 6.45) is 6.38. The predicted molar refractivity (Wildman–Crippen MR) is 122 cm³/mol. The number of amides is 2. The van der Waals surface area contributed by atoms with Crippen molar-refractivity contribution in [1.82, 2.24) is 9.88 Å². The molecule has 2 aromatic carbocycles. The number of anilines is 1. The van der Waals surface area contributed by atoms with Gasteiger partial charge in [-0.2, -0.15) is 0 Å². The molecule has 0 bridgehead atoms. The number of rotatable bonds is 5. The standard InChI is InChI=1S/C26H25N3O3/c30-25(24-16-19-7-1-2-11-23(19)32-24)28-21-9-3-8-20(15-21)26(31)29-13-5-10-22(29)14-18-6-4-12-27-17-18/h1-4,6-9,11-12,15,17,22,24H,5,10,13-14,16H2,(H,28,30). The van der Waals surface area contributed by atoms with Crippen molar-refractivity contribution >= 4 is 17.5 Å². The van der Waals surface area contributed by atoms with Gasteiger partial charge in [0.1, 0.15) is 5.75 Å². The normalized spacial score (nSPS) is 19.3. The number of hydrogen-bond acceptors (Lipinski definition) is 4. The van der Waals surface area contributed by atoms with Crippen LogP contribution in [0.3, 0.4) is 0 Å². The fraction of sp³-hybridized carbons (Fsp3) is 0.269. The van der Waals surface area contributed by atoms with Crippen LogP contribution in [0.25, 0.3) is 0 Å². The molecule has 32 heavy (non-hydrogen) atoms. The third-order valence-electron chi connectivity index (χ3n) is 6.15. The molecule has 2 aliphatic heterocycles. The summed E-state index contributed by atoms with van der Waals surface area (Å²) in [6, 6.07) is 19.0. The maximum Gasteiger partial charge on any atom is 0.265 e. The molecule has 3 heterocycles. The van der Waals surface area contributed by atoms with Crippen LogP contribution in [0, 0.1) is 0 Å². The molecular weight excluding hydrogens is 402 g/mol. The topological polar surface area (TPSA) is 71.5 Å². The predicted octanol–water partition coefficient (Wildman–Crippen LogP) is 3.87. The van der Waals surface area contributed by atoms with Crippen LogP contribution in [0.4, 0.5) is 5.69 Å². The Morgan fingerprint density at radius 3 is 2.84 bits per heavy atom. The fourth-order valence-corrected chi connectivity index (χ4v) is 4.55. The van der Waals surface area contributed by atoms with E-state index >= 15 is 0 Å². The van der Waals surface area contributed by atoms with Crippen molar-refractivity contribution in [3.63, 3.8) is 0 Å². The summed E-state index contributed by atoms with van der Waals surface area (Å²) in [5.74, 6) is 0.545. The van der Waals surface area contributed by atoms with Crippen LogP contribution >= 0.6 is 0 Å². The fourth-order valence-electron chi connectivity index (χ4n) is 4.55. The van der Waals surface area contributed by atoms with Gasteiger partial charge in [0.2, 0.25) is 0 Å². The quantitative estimate of drug-likeness (QED) is 0.671. The van der Waals surface area contributed by atoms with Crippen molar-refractivity contribution < 1.29 is 14.3 Å². The summed E-state index contributed by atoms with van der Waals surface area (Å²) >= 11 is 0. The molecule has 2 amide bonds. The van der Waals surface area contributed by atoms with Crippen LogP contribution in [-0.2, 0) is 17.6 Å². The summed E-state index contributed by atoms with van der Waals surface area (Å²) in [5, 5.41) is 2.91. The first-order chi connectivity index (χ1) is 15.7. The van der Waals surface area contributed by atoms with Gasteiger partial charge < -0.3 is 15.0 Å². The van der Waals surface area contributed by atoms with Gasteiger partial charge in [-0.05, 0) is 60.7 Å². The largest absolute Gasteiger partial charge is 0.480 e. The van der Waals surface area contributed by atoms with Gasteiger partial charge in [0.05, 0.1) is 0 Å². The zero-order valence-corrected chi connectivity index (χ0v) is 17.7. The van der Waals surface area contributed by atoms with Gasteiger partial charge >= 0.3 is 0 Å². The molecule has 2 aliphatic rings. The number of likely N-dealkylation sites (tertiary alicyclic amines) is 1. The van der Waals surface area contributed by atoms with E-state index in [4.69, 9.17) is 4.74 Å². The molecule has 1 N–H and O–H groups in total. The van der Waals surface area contributed by atoms with E-state index in [2.05, 4.69) is 10.3 Å². The minimum absolute atomic E-state index is 0.00277. The van der Waals surface area contributed by atoms with Crippen molar-refractivity contribution in [1.29, 1.82) is 0 Å². The van der Waals surface area contributed by atoms with E-state index in [1.165, 1.54) is 0 Å². The van der Waals surface area contributed by atoms with Crippen LogP contribution in [-0.4, -0.2) is 40.4 Å². The van der Waals surface area contributed by atoms with Crippen LogP contribution in [0.15, 0.2) is 73.1 Å². The first-order valence-electron chi connectivity index (χ1n) is 11.0. The van der Waals surface area contributed by atoms with Gasteiger partial charge in [-0.3, -0.25) is 14.6 Å². The summed E-state index contributed by atoms with van der Waals surface area (Å²) in [7, 11) is 0. The van der Waals surface area contributed by atoms with E-state index in [9.17, 15) is 9.59 Å². The van der Waals surface area contributed by atoms with Crippen LogP contribution < -0.4 is 10.1 Å². The summed E-state index contributed by atoms with van der Waals surface area (Å²) < 4.78 is 5.78. The molecule has 6 heteroatoms. The third kappa shape index (κ3) is 4.21. The smallest absolute Gasteiger partial charge is 0.265 e. The molecule has 2 unspecified atom stereocenters. The average molecular weight is 428 g/mol. The highest BCUT2D eigenvalue weighted by atomic mass is 16.5. The van der Waals surface area contributed by atoms with Crippen molar-refractivity contribution in [2.45, 2.75) is 37.8 Å². The van der Waals surface area contributed by atoms with Crippen molar-refractivity contribution in [3.05, 3.63) is 89.7 Å². The molecule has 0 spiro atoms. The maximum absolute atomic E-state index is 13.3. The number of carbonyl (C=O) groups excluding carboxylic acids is 2. The highest BCUT2D eigenvalue weighted by Crippen LogP contribution is 2.29. The minimum atomic E-state index is -0.561. The van der Waals surface area contributed by atoms with E-state index in [1.54, 1.807) is 30.5 Å². The number of nitrogens with one attached hydrogen (secondary N) is 1. The Labute approximate surface area is 187 Å². The molecular formula is C26H25N3O3. The van der Waals surface area contributed by atoms with Crippen LogP contribution in [0.1, 0.15) is 34.3 Å². The number of fused-ring (bicyclic) bond motifs is 1. The molecule has 1 saturated heterocycles. The second-order valence-corrected chi connectivity index (χ2v) is 8.35. The molecule has 0 radical (unpaired) electrons. The number of benzene rings is 2. The Morgan fingerprint density at radius 2 is 2.00 bits per heavy atom. The first-order valence-corrected chi connectivity index (χ1v) is 11.0. The van der Waals surface area contributed by atoms with Gasteiger partial charge in [0, 0.05) is 42.7 Å². The van der Waals surface area contributed by atoms with E-state index in [0.29, 0.717) is 17.7 Å². The Bertz CT molecular complexity index is 1110. The summed E-state index contributed by atoms with van der Waals surface area (Å²) in [4.78, 5) is 32.1. The van der Waals surface area contributed by atoms with E-state index in [1.807, 2.05) is 47.5 Å². The molecule has 6 nitrogen and oxygen atoms in total. The molecule has 1 fully saturated rings. The number of hydrogen-bond donors (Lipinski definition) is 1. The van der Waals surface area contributed by atoms with E-state index < -0.39 is 6.10 Å². The van der Waals surface area contributed by atoms with Gasteiger partial charge in [0.25, 0.3) is 11.8 Å². The van der Waals surface area contributed by atoms with Gasteiger partial charge in [-0.15, -0.1) is 0 Å². The zero-order valence-electron chi connectivity index (χ0n) is 17.7. The molecule has 1 aromatic heterocycles. The molecule has 5 rings (SSSR count). The van der Waals surface area contributed by atoms with Gasteiger partial charge in [-0.1, -0.05) is 30.3 Å². The summed E-state index contributed by atoms with van der Waals surface area (Å²) in [6.45, 7) is 0.745. The van der Waals surface area contributed by atoms with Gasteiger partial charge in [-0.25, -0.2) is 0 Å². The lowest BCUT2D eigenvalue weighted by molar-refractivity contribution is -0.122. The Balaban J connectivity index is 1.25. The Morgan fingerprint density at radius 1 is 1.09 bits per heavy atom. The third-order valence-corrected chi connectivity index (χ3v) is 6.15. The molecule has 0 saturated carbocycles. The number of pyridine rings is 1. The SMILES string of the molecule is O=C(Nc1cccc(C(=O)N2CCCC2Cc2cccnc2)c1)C1Cc2ccccc2O1. The zero-order chi connectivity index (χ0) is 21.9. The first kappa shape index (κ1) is 20.2. The number of aromatic nitrogens is 1. The lowest BCUT2D eigenvalue weighted by Crippen LogP contribution is -2.37. The van der Waals surface area contributed by atoms with Crippen LogP contribution in [0.5, 0.6) is 5.75 Å². The van der Waals surface area contributed by atoms with E-state index in [0.717, 1.165) is 42.7 Å². The molecule has 3 aromatic rings. The van der Waals surface area contributed by atoms with Crippen molar-refractivity contribution in [2.75, 3.05) is 11.9 Å². The second-order valence-electron chi connectivity index (χ2n) is 8.35. The number of nitrogens with zero attached hydrogens (tertiary/aromatic N) is 2. The van der Waals surface area contributed by atoms with Crippen molar-refractivity contribution in [2.24, 2.45) is 0 Å². The van der Waals surface area contributed by atoms with Crippen molar-refractivity contribution in [3.8, 4) is 5.75 Å². The highest BCUT2D eigenvalue weighted by Gasteiger charge is 2.31. The number of ether oxygens (including phenoxy) is 1. The van der Waals surface area contributed by atoms with Gasteiger partial charge in [0.15, 0.2) is 6.10 Å². The maximum atomic E-state index is 13.3. The Hall–Kier alpha value is -3.67. The number of carbonyl (C=O) groups is 2. The average Bonchev–Trinajstić information content (AvgIpc) is 3.46. The van der Waals surface area contributed by atoms with Crippen LogP contribution in [0.2, 0.25) is 0 Å². The molecule has 2 atom stereocenters.